The molecule has 1 amide bonds. The zero-order valence-corrected chi connectivity index (χ0v) is 15.5. The molecule has 0 spiro atoms. The third-order valence-electron chi connectivity index (χ3n) is 6.29. The van der Waals surface area contributed by atoms with Gasteiger partial charge in [-0.15, -0.1) is 0 Å². The van der Waals surface area contributed by atoms with Crippen molar-refractivity contribution < 1.29 is 19.4 Å². The molecule has 2 aliphatic carbocycles. The molecule has 1 aromatic carbocycles. The standard InChI is InChI=1S/C21H28N2O4/c24-19(23-14-5-6-14)10-16-9-17-21(26-16)20(25)18(27-17)11-22-15-7-12-3-1-2-4-13(12)8-15/h1-4,14-18,20-22,25H,5-11H2,(H,23,24)/t16-,17-,18-,20-,21+/m1/s1. The van der Waals surface area contributed by atoms with Crippen molar-refractivity contribution in [3.05, 3.63) is 35.4 Å². The molecular weight excluding hydrogens is 344 g/mol. The van der Waals surface area contributed by atoms with Gasteiger partial charge in [0.15, 0.2) is 0 Å². The van der Waals surface area contributed by atoms with Crippen molar-refractivity contribution in [1.82, 2.24) is 10.6 Å². The van der Waals surface area contributed by atoms with E-state index in [2.05, 4.69) is 34.9 Å². The van der Waals surface area contributed by atoms with Crippen LogP contribution in [0.5, 0.6) is 0 Å². The SMILES string of the molecule is O=C(C[C@H]1C[C@H]2O[C@H](CNC3Cc4ccccc4C3)[C@@H](O)[C@H]2O1)NC1CC1. The molecule has 27 heavy (non-hydrogen) atoms. The Labute approximate surface area is 159 Å². The molecule has 6 nitrogen and oxygen atoms in total. The number of fused-ring (bicyclic) bond motifs is 2. The van der Waals surface area contributed by atoms with Gasteiger partial charge in [-0.25, -0.2) is 0 Å². The predicted octanol–water partition coefficient (Wildman–Crippen LogP) is 0.698. The number of amides is 1. The first-order valence-corrected chi connectivity index (χ1v) is 10.2. The molecule has 0 radical (unpaired) electrons. The lowest BCUT2D eigenvalue weighted by molar-refractivity contribution is -0.124. The summed E-state index contributed by atoms with van der Waals surface area (Å²) >= 11 is 0. The molecule has 0 aromatic heterocycles. The first-order chi connectivity index (χ1) is 13.2. The number of carbonyl (C=O) groups excluding carboxylic acids is 1. The predicted molar refractivity (Wildman–Crippen MR) is 99.4 cm³/mol. The fourth-order valence-corrected chi connectivity index (χ4v) is 4.72. The van der Waals surface area contributed by atoms with Crippen molar-refractivity contribution in [2.45, 2.75) is 81.1 Å². The minimum atomic E-state index is -0.636. The van der Waals surface area contributed by atoms with Crippen LogP contribution >= 0.6 is 0 Å². The fraction of sp³-hybridized carbons (Fsp3) is 0.667. The van der Waals surface area contributed by atoms with E-state index in [9.17, 15) is 9.90 Å². The van der Waals surface area contributed by atoms with Crippen molar-refractivity contribution in [1.29, 1.82) is 0 Å². The molecule has 1 saturated carbocycles. The molecule has 4 aliphatic rings. The second-order valence-electron chi connectivity index (χ2n) is 8.49. The van der Waals surface area contributed by atoms with Crippen molar-refractivity contribution in [3.8, 4) is 0 Å². The van der Waals surface area contributed by atoms with Crippen molar-refractivity contribution in [2.75, 3.05) is 6.54 Å². The van der Waals surface area contributed by atoms with E-state index in [0.29, 0.717) is 31.5 Å². The molecule has 2 aliphatic heterocycles. The molecule has 5 rings (SSSR count). The molecule has 3 N–H and O–H groups in total. The number of aliphatic hydroxyl groups excluding tert-OH is 1. The Bertz CT molecular complexity index is 682. The number of hydrogen-bond donors (Lipinski definition) is 3. The third-order valence-corrected chi connectivity index (χ3v) is 6.29. The number of rotatable bonds is 6. The van der Waals surface area contributed by atoms with Crippen LogP contribution in [-0.4, -0.2) is 60.2 Å². The fourth-order valence-electron chi connectivity index (χ4n) is 4.72. The number of nitrogens with one attached hydrogen (secondary N) is 2. The molecule has 146 valence electrons. The average Bonchev–Trinajstić information content (AvgIpc) is 3.11. The van der Waals surface area contributed by atoms with Crippen molar-refractivity contribution in [3.63, 3.8) is 0 Å². The van der Waals surface area contributed by atoms with E-state index in [-0.39, 0.29) is 30.3 Å². The van der Waals surface area contributed by atoms with E-state index in [4.69, 9.17) is 9.47 Å². The van der Waals surface area contributed by atoms with Crippen molar-refractivity contribution >= 4 is 5.91 Å². The van der Waals surface area contributed by atoms with Crippen LogP contribution in [0.3, 0.4) is 0 Å². The second kappa shape index (κ2) is 7.17. The topological polar surface area (TPSA) is 79.8 Å². The average molecular weight is 372 g/mol. The largest absolute Gasteiger partial charge is 0.388 e. The Hall–Kier alpha value is -1.47. The summed E-state index contributed by atoms with van der Waals surface area (Å²) in [6.07, 6.45) is 3.84. The molecule has 0 unspecified atom stereocenters. The molecule has 5 atom stereocenters. The molecule has 3 fully saturated rings. The molecule has 2 heterocycles. The molecule has 6 heteroatoms. The van der Waals surface area contributed by atoms with E-state index >= 15 is 0 Å². The number of aliphatic hydroxyl groups is 1. The number of benzene rings is 1. The Morgan fingerprint density at radius 2 is 1.85 bits per heavy atom. The van der Waals surface area contributed by atoms with Gasteiger partial charge in [-0.2, -0.15) is 0 Å². The second-order valence-corrected chi connectivity index (χ2v) is 8.49. The van der Waals surface area contributed by atoms with Gasteiger partial charge in [-0.05, 0) is 36.8 Å². The summed E-state index contributed by atoms with van der Waals surface area (Å²) in [5, 5.41) is 17.2. The van der Waals surface area contributed by atoms with Crippen LogP contribution in [0, 0.1) is 0 Å². The van der Waals surface area contributed by atoms with Gasteiger partial charge < -0.3 is 25.2 Å². The maximum Gasteiger partial charge on any atom is 0.222 e. The Morgan fingerprint density at radius 1 is 1.11 bits per heavy atom. The van der Waals surface area contributed by atoms with Crippen LogP contribution in [0.4, 0.5) is 0 Å². The summed E-state index contributed by atoms with van der Waals surface area (Å²) in [6, 6.07) is 9.33. The van der Waals surface area contributed by atoms with Gasteiger partial charge in [0.1, 0.15) is 12.2 Å². The molecular formula is C21H28N2O4. The van der Waals surface area contributed by atoms with E-state index < -0.39 is 6.10 Å². The van der Waals surface area contributed by atoms with Gasteiger partial charge in [0.25, 0.3) is 0 Å². The van der Waals surface area contributed by atoms with Crippen LogP contribution in [0.2, 0.25) is 0 Å². The maximum atomic E-state index is 12.0. The Kier molecular flexibility index (Phi) is 4.68. The van der Waals surface area contributed by atoms with Gasteiger partial charge in [0.05, 0.1) is 24.7 Å². The lowest BCUT2D eigenvalue weighted by Crippen LogP contribution is -2.42. The highest BCUT2D eigenvalue weighted by atomic mass is 16.6. The van der Waals surface area contributed by atoms with Crippen LogP contribution in [0.25, 0.3) is 0 Å². The monoisotopic (exact) mass is 372 g/mol. The summed E-state index contributed by atoms with van der Waals surface area (Å²) < 4.78 is 12.0. The van der Waals surface area contributed by atoms with Gasteiger partial charge in [0, 0.05) is 25.0 Å². The normalized spacial score (nSPS) is 35.2. The maximum absolute atomic E-state index is 12.0. The Balaban J connectivity index is 1.08. The third kappa shape index (κ3) is 3.76. The van der Waals surface area contributed by atoms with Gasteiger partial charge in [-0.1, -0.05) is 24.3 Å². The number of carbonyl (C=O) groups is 1. The van der Waals surface area contributed by atoms with E-state index in [1.165, 1.54) is 11.1 Å². The summed E-state index contributed by atoms with van der Waals surface area (Å²) in [5.41, 5.74) is 2.82. The van der Waals surface area contributed by atoms with Gasteiger partial charge in [0.2, 0.25) is 5.91 Å². The lowest BCUT2D eigenvalue weighted by Gasteiger charge is -2.22. The highest BCUT2D eigenvalue weighted by Gasteiger charge is 2.50. The Morgan fingerprint density at radius 3 is 2.52 bits per heavy atom. The van der Waals surface area contributed by atoms with Crippen LogP contribution < -0.4 is 10.6 Å². The molecule has 0 bridgehead atoms. The zero-order valence-electron chi connectivity index (χ0n) is 15.5. The van der Waals surface area contributed by atoms with E-state index in [0.717, 1.165) is 25.7 Å². The summed E-state index contributed by atoms with van der Waals surface area (Å²) in [4.78, 5) is 12.0. The first-order valence-electron chi connectivity index (χ1n) is 10.2. The van der Waals surface area contributed by atoms with E-state index in [1.807, 2.05) is 0 Å². The zero-order chi connectivity index (χ0) is 18.4. The van der Waals surface area contributed by atoms with Crippen molar-refractivity contribution in [2.24, 2.45) is 0 Å². The minimum Gasteiger partial charge on any atom is -0.388 e. The minimum absolute atomic E-state index is 0.0518. The highest BCUT2D eigenvalue weighted by molar-refractivity contribution is 5.77. The number of ether oxygens (including phenoxy) is 2. The van der Waals surface area contributed by atoms with Crippen LogP contribution in [0.1, 0.15) is 36.8 Å². The van der Waals surface area contributed by atoms with E-state index in [1.54, 1.807) is 0 Å². The van der Waals surface area contributed by atoms with Gasteiger partial charge in [-0.3, -0.25) is 4.79 Å². The lowest BCUT2D eigenvalue weighted by atomic mass is 10.1. The quantitative estimate of drug-likeness (QED) is 0.685. The van der Waals surface area contributed by atoms with Crippen LogP contribution in [0.15, 0.2) is 24.3 Å². The van der Waals surface area contributed by atoms with Gasteiger partial charge >= 0.3 is 0 Å². The summed E-state index contributed by atoms with van der Waals surface area (Å²) in [7, 11) is 0. The summed E-state index contributed by atoms with van der Waals surface area (Å²) in [5.74, 6) is 0.0518. The molecule has 1 aromatic rings. The van der Waals surface area contributed by atoms with Crippen LogP contribution in [-0.2, 0) is 27.1 Å². The smallest absolute Gasteiger partial charge is 0.222 e. The highest BCUT2D eigenvalue weighted by Crippen LogP contribution is 2.35. The summed E-state index contributed by atoms with van der Waals surface area (Å²) in [6.45, 7) is 0.628. The number of hydrogen-bond acceptors (Lipinski definition) is 5. The molecule has 2 saturated heterocycles. The first kappa shape index (κ1) is 17.6.